The molecule has 1 unspecified atom stereocenters. The highest BCUT2D eigenvalue weighted by atomic mass is 32.2. The van der Waals surface area contributed by atoms with Gasteiger partial charge in [0.1, 0.15) is 5.69 Å². The van der Waals surface area contributed by atoms with Crippen LogP contribution in [0.25, 0.3) is 0 Å². The van der Waals surface area contributed by atoms with Gasteiger partial charge in [0, 0.05) is 31.5 Å². The number of carbonyl (C=O) groups excluding carboxylic acids is 1. The first-order valence-corrected chi connectivity index (χ1v) is 9.42. The van der Waals surface area contributed by atoms with Crippen molar-refractivity contribution in [1.82, 2.24) is 10.3 Å². The molecular weight excluding hydrogens is 302 g/mol. The van der Waals surface area contributed by atoms with Crippen molar-refractivity contribution in [3.05, 3.63) is 24.0 Å². The second-order valence-corrected chi connectivity index (χ2v) is 7.98. The number of amides is 1. The van der Waals surface area contributed by atoms with Gasteiger partial charge in [-0.1, -0.05) is 13.3 Å². The minimum Gasteiger partial charge on any atom is -0.374 e. The molecule has 1 aromatic rings. The number of hydrogen-bond acceptors (Lipinski definition) is 5. The fraction of sp³-hybridized carbons (Fsp3) is 0.600. The number of nitrogens with zero attached hydrogens (tertiary/aromatic N) is 2. The van der Waals surface area contributed by atoms with Crippen LogP contribution >= 0.6 is 0 Å². The van der Waals surface area contributed by atoms with E-state index in [2.05, 4.69) is 22.1 Å². The van der Waals surface area contributed by atoms with Crippen LogP contribution in [0, 0.1) is 0 Å². The van der Waals surface area contributed by atoms with Gasteiger partial charge in [-0.25, -0.2) is 8.42 Å². The van der Waals surface area contributed by atoms with Gasteiger partial charge in [-0.05, 0) is 25.0 Å². The Bertz CT molecular complexity index is 631. The Hall–Kier alpha value is -1.63. The van der Waals surface area contributed by atoms with Crippen molar-refractivity contribution in [3.8, 4) is 0 Å². The number of unbranched alkanes of at least 4 members (excludes halogenated alkanes) is 1. The van der Waals surface area contributed by atoms with Crippen molar-refractivity contribution < 1.29 is 13.2 Å². The van der Waals surface area contributed by atoms with Crippen LogP contribution < -0.4 is 10.2 Å². The number of anilines is 1. The topological polar surface area (TPSA) is 79.4 Å². The van der Waals surface area contributed by atoms with Crippen molar-refractivity contribution >= 4 is 21.4 Å². The number of sulfone groups is 1. The predicted molar refractivity (Wildman–Crippen MR) is 86.9 cm³/mol. The summed E-state index contributed by atoms with van der Waals surface area (Å²) in [5.74, 6) is -0.146. The zero-order valence-corrected chi connectivity index (χ0v) is 13.9. The second-order valence-electron chi connectivity index (χ2n) is 5.75. The average Bonchev–Trinajstić information content (AvgIpc) is 2.83. The Morgan fingerprint density at radius 2 is 2.27 bits per heavy atom. The van der Waals surface area contributed by atoms with E-state index in [0.717, 1.165) is 25.1 Å². The fourth-order valence-corrected chi connectivity index (χ4v) is 4.15. The summed E-state index contributed by atoms with van der Waals surface area (Å²) in [6, 6.07) is 3.31. The van der Waals surface area contributed by atoms with E-state index in [-0.39, 0.29) is 23.5 Å². The van der Waals surface area contributed by atoms with Gasteiger partial charge in [0.25, 0.3) is 5.91 Å². The molecule has 1 amide bonds. The molecular formula is C15H23N3O3S. The smallest absolute Gasteiger partial charge is 0.270 e. The monoisotopic (exact) mass is 325 g/mol. The van der Waals surface area contributed by atoms with Crippen molar-refractivity contribution in [2.24, 2.45) is 0 Å². The molecule has 0 bridgehead atoms. The summed E-state index contributed by atoms with van der Waals surface area (Å²) < 4.78 is 22.9. The van der Waals surface area contributed by atoms with E-state index in [4.69, 9.17) is 0 Å². The second kappa shape index (κ2) is 7.09. The molecule has 1 fully saturated rings. The summed E-state index contributed by atoms with van der Waals surface area (Å²) in [4.78, 5) is 18.4. The zero-order chi connectivity index (χ0) is 16.2. The van der Waals surface area contributed by atoms with Crippen LogP contribution in [0.1, 0.15) is 36.7 Å². The molecule has 1 N–H and O–H groups in total. The maximum absolute atomic E-state index is 12.2. The molecule has 1 atom stereocenters. The number of nitrogens with one attached hydrogen (secondary N) is 1. The van der Waals surface area contributed by atoms with Crippen LogP contribution in [-0.4, -0.2) is 50.4 Å². The van der Waals surface area contributed by atoms with Gasteiger partial charge in [0.05, 0.1) is 11.5 Å². The average molecular weight is 325 g/mol. The van der Waals surface area contributed by atoms with E-state index in [0.29, 0.717) is 12.1 Å². The van der Waals surface area contributed by atoms with Crippen LogP contribution in [-0.2, 0) is 9.84 Å². The minimum absolute atomic E-state index is 0.0227. The minimum atomic E-state index is -3.00. The molecule has 1 saturated heterocycles. The van der Waals surface area contributed by atoms with E-state index in [1.54, 1.807) is 12.3 Å². The van der Waals surface area contributed by atoms with Crippen LogP contribution in [0.15, 0.2) is 18.3 Å². The van der Waals surface area contributed by atoms with Gasteiger partial charge in [0.2, 0.25) is 0 Å². The maximum Gasteiger partial charge on any atom is 0.270 e. The van der Waals surface area contributed by atoms with E-state index in [1.165, 1.54) is 0 Å². The molecule has 0 aromatic carbocycles. The molecule has 0 saturated carbocycles. The van der Waals surface area contributed by atoms with E-state index in [1.807, 2.05) is 13.1 Å². The van der Waals surface area contributed by atoms with Crippen molar-refractivity contribution in [2.75, 3.05) is 30.0 Å². The zero-order valence-electron chi connectivity index (χ0n) is 13.1. The lowest BCUT2D eigenvalue weighted by Gasteiger charge is -2.19. The molecule has 122 valence electrons. The Balaban J connectivity index is 2.01. The van der Waals surface area contributed by atoms with Crippen molar-refractivity contribution in [2.45, 2.75) is 32.2 Å². The number of pyridine rings is 1. The third-order valence-corrected chi connectivity index (χ3v) is 5.60. The predicted octanol–water partition coefficient (Wildman–Crippen LogP) is 1.23. The van der Waals surface area contributed by atoms with Gasteiger partial charge in [-0.15, -0.1) is 0 Å². The van der Waals surface area contributed by atoms with Crippen LogP contribution in [0.2, 0.25) is 0 Å². The lowest BCUT2D eigenvalue weighted by molar-refractivity contribution is 0.0936. The lowest BCUT2D eigenvalue weighted by atomic mass is 10.2. The molecule has 1 aliphatic rings. The molecule has 0 spiro atoms. The number of hydrogen-bond donors (Lipinski definition) is 1. The SMILES string of the molecule is CCCCN(C)c1ccnc(C(=O)NC2CCS(=O)(=O)C2)c1. The third-order valence-electron chi connectivity index (χ3n) is 3.83. The molecule has 22 heavy (non-hydrogen) atoms. The lowest BCUT2D eigenvalue weighted by Crippen LogP contribution is -2.36. The highest BCUT2D eigenvalue weighted by Gasteiger charge is 2.29. The summed E-state index contributed by atoms with van der Waals surface area (Å²) in [5.41, 5.74) is 1.26. The largest absolute Gasteiger partial charge is 0.374 e. The molecule has 1 aromatic heterocycles. The number of rotatable bonds is 6. The third kappa shape index (κ3) is 4.43. The van der Waals surface area contributed by atoms with Gasteiger partial charge in [-0.3, -0.25) is 9.78 Å². The standard InChI is InChI=1S/C15H23N3O3S/c1-3-4-8-18(2)13-5-7-16-14(10-13)15(19)17-12-6-9-22(20,21)11-12/h5,7,10,12H,3-4,6,8-9,11H2,1-2H3,(H,17,19). The highest BCUT2D eigenvalue weighted by Crippen LogP contribution is 2.15. The van der Waals surface area contributed by atoms with Gasteiger partial charge >= 0.3 is 0 Å². The summed E-state index contributed by atoms with van der Waals surface area (Å²) in [7, 11) is -1.02. The Labute approximate surface area is 131 Å². The van der Waals surface area contributed by atoms with Crippen LogP contribution in [0.4, 0.5) is 5.69 Å². The summed E-state index contributed by atoms with van der Waals surface area (Å²) in [6.07, 6.45) is 4.28. The van der Waals surface area contributed by atoms with Crippen molar-refractivity contribution in [1.29, 1.82) is 0 Å². The maximum atomic E-state index is 12.2. The summed E-state index contributed by atoms with van der Waals surface area (Å²) >= 11 is 0. The van der Waals surface area contributed by atoms with E-state index >= 15 is 0 Å². The highest BCUT2D eigenvalue weighted by molar-refractivity contribution is 7.91. The fourth-order valence-electron chi connectivity index (χ4n) is 2.47. The normalized spacial score (nSPS) is 19.8. The van der Waals surface area contributed by atoms with Gasteiger partial charge < -0.3 is 10.2 Å². The Morgan fingerprint density at radius 3 is 2.91 bits per heavy atom. The first-order chi connectivity index (χ1) is 10.4. The first kappa shape index (κ1) is 16.7. The molecule has 1 aliphatic heterocycles. The molecule has 0 radical (unpaired) electrons. The summed E-state index contributed by atoms with van der Waals surface area (Å²) in [5, 5.41) is 2.76. The molecule has 2 rings (SSSR count). The quantitative estimate of drug-likeness (QED) is 0.851. The molecule has 7 heteroatoms. The Kier molecular flexibility index (Phi) is 5.39. The summed E-state index contributed by atoms with van der Waals surface area (Å²) in [6.45, 7) is 3.05. The van der Waals surface area contributed by atoms with Crippen molar-refractivity contribution in [3.63, 3.8) is 0 Å². The molecule has 2 heterocycles. The van der Waals surface area contributed by atoms with Crippen LogP contribution in [0.3, 0.4) is 0 Å². The van der Waals surface area contributed by atoms with Crippen LogP contribution in [0.5, 0.6) is 0 Å². The van der Waals surface area contributed by atoms with E-state index in [9.17, 15) is 13.2 Å². The first-order valence-electron chi connectivity index (χ1n) is 7.60. The van der Waals surface area contributed by atoms with Gasteiger partial charge in [-0.2, -0.15) is 0 Å². The van der Waals surface area contributed by atoms with Gasteiger partial charge in [0.15, 0.2) is 9.84 Å². The number of carbonyl (C=O) groups is 1. The molecule has 6 nitrogen and oxygen atoms in total. The Morgan fingerprint density at radius 1 is 1.50 bits per heavy atom. The van der Waals surface area contributed by atoms with E-state index < -0.39 is 9.84 Å². The number of aromatic nitrogens is 1. The molecule has 0 aliphatic carbocycles.